The van der Waals surface area contributed by atoms with Gasteiger partial charge in [-0.15, -0.1) is 0 Å². The van der Waals surface area contributed by atoms with Crippen molar-refractivity contribution < 1.29 is 19.1 Å². The standard InChI is InChI=1S/C16H18BrNO4S/c1-4-18-15(19)14(23-16(18)20)8-10-7-11(17)13(22-6-3)9-12(10)21-5-2/h7-9H,4-6H2,1-3H3/b14-8-. The van der Waals surface area contributed by atoms with Crippen LogP contribution < -0.4 is 9.47 Å². The third kappa shape index (κ3) is 3.90. The molecule has 7 heteroatoms. The van der Waals surface area contributed by atoms with Crippen LogP contribution in [0.25, 0.3) is 6.08 Å². The Bertz CT molecular complexity index is 660. The van der Waals surface area contributed by atoms with Crippen molar-refractivity contribution in [1.29, 1.82) is 0 Å². The third-order valence-corrected chi connectivity index (χ3v) is 4.67. The fourth-order valence-corrected chi connectivity index (χ4v) is 3.49. The Labute approximate surface area is 148 Å². The highest BCUT2D eigenvalue weighted by molar-refractivity contribution is 9.10. The predicted octanol–water partition coefficient (Wildman–Crippen LogP) is 4.30. The van der Waals surface area contributed by atoms with Crippen LogP contribution in [0.2, 0.25) is 0 Å². The van der Waals surface area contributed by atoms with Crippen LogP contribution in [0.15, 0.2) is 21.5 Å². The Morgan fingerprint density at radius 2 is 1.78 bits per heavy atom. The predicted molar refractivity (Wildman–Crippen MR) is 94.8 cm³/mol. The minimum Gasteiger partial charge on any atom is -0.493 e. The Kier molecular flexibility index (Phi) is 6.12. The van der Waals surface area contributed by atoms with Gasteiger partial charge in [0.05, 0.1) is 22.6 Å². The first-order valence-electron chi connectivity index (χ1n) is 7.36. The lowest BCUT2D eigenvalue weighted by atomic mass is 10.1. The summed E-state index contributed by atoms with van der Waals surface area (Å²) in [5.74, 6) is 1.02. The zero-order valence-corrected chi connectivity index (χ0v) is 15.6. The van der Waals surface area contributed by atoms with Gasteiger partial charge in [-0.2, -0.15) is 0 Å². The molecule has 1 aliphatic heterocycles. The molecule has 0 radical (unpaired) electrons. The van der Waals surface area contributed by atoms with Crippen molar-refractivity contribution in [1.82, 2.24) is 4.90 Å². The Hall–Kier alpha value is -1.47. The molecule has 23 heavy (non-hydrogen) atoms. The molecule has 5 nitrogen and oxygen atoms in total. The lowest BCUT2D eigenvalue weighted by molar-refractivity contribution is -0.122. The topological polar surface area (TPSA) is 55.8 Å². The maximum atomic E-state index is 12.2. The highest BCUT2D eigenvalue weighted by atomic mass is 79.9. The summed E-state index contributed by atoms with van der Waals surface area (Å²) in [4.78, 5) is 25.6. The summed E-state index contributed by atoms with van der Waals surface area (Å²) < 4.78 is 11.9. The van der Waals surface area contributed by atoms with Gasteiger partial charge in [0.25, 0.3) is 11.1 Å². The Morgan fingerprint density at radius 3 is 2.35 bits per heavy atom. The van der Waals surface area contributed by atoms with Gasteiger partial charge in [0.1, 0.15) is 11.5 Å². The van der Waals surface area contributed by atoms with E-state index in [0.29, 0.717) is 36.2 Å². The zero-order valence-electron chi connectivity index (χ0n) is 13.2. The molecule has 0 atom stereocenters. The Morgan fingerprint density at radius 1 is 1.13 bits per heavy atom. The van der Waals surface area contributed by atoms with Crippen LogP contribution >= 0.6 is 27.7 Å². The molecule has 0 aromatic heterocycles. The molecule has 0 bridgehead atoms. The molecule has 2 rings (SSSR count). The molecular formula is C16H18BrNO4S. The molecule has 124 valence electrons. The molecule has 1 saturated heterocycles. The van der Waals surface area contributed by atoms with Crippen molar-refractivity contribution in [2.24, 2.45) is 0 Å². The molecule has 0 N–H and O–H groups in total. The number of hydrogen-bond acceptors (Lipinski definition) is 5. The second kappa shape index (κ2) is 7.88. The molecule has 0 aliphatic carbocycles. The number of likely N-dealkylation sites (N-methyl/N-ethyl adjacent to an activating group) is 1. The van der Waals surface area contributed by atoms with Crippen LogP contribution in [0.4, 0.5) is 4.79 Å². The summed E-state index contributed by atoms with van der Waals surface area (Å²) in [6.07, 6.45) is 1.69. The fourth-order valence-electron chi connectivity index (χ4n) is 2.12. The van der Waals surface area contributed by atoms with Crippen molar-refractivity contribution in [3.05, 3.63) is 27.1 Å². The van der Waals surface area contributed by atoms with Crippen LogP contribution in [0, 0.1) is 0 Å². The van der Waals surface area contributed by atoms with E-state index >= 15 is 0 Å². The average molecular weight is 400 g/mol. The van der Waals surface area contributed by atoms with Crippen molar-refractivity contribution in [2.45, 2.75) is 20.8 Å². The van der Waals surface area contributed by atoms with E-state index in [-0.39, 0.29) is 11.1 Å². The third-order valence-electron chi connectivity index (χ3n) is 3.14. The van der Waals surface area contributed by atoms with Gasteiger partial charge in [0.2, 0.25) is 0 Å². The summed E-state index contributed by atoms with van der Waals surface area (Å²) in [5.41, 5.74) is 0.726. The number of carbonyl (C=O) groups is 2. The maximum Gasteiger partial charge on any atom is 0.293 e. The highest BCUT2D eigenvalue weighted by Gasteiger charge is 2.33. The Balaban J connectivity index is 2.42. The number of hydrogen-bond donors (Lipinski definition) is 0. The molecule has 1 fully saturated rings. The second-order valence-electron chi connectivity index (χ2n) is 4.61. The lowest BCUT2D eigenvalue weighted by Gasteiger charge is -2.13. The first kappa shape index (κ1) is 17.9. The van der Waals surface area contributed by atoms with Crippen LogP contribution in [-0.4, -0.2) is 35.8 Å². The molecular weight excluding hydrogens is 382 g/mol. The van der Waals surface area contributed by atoms with Gasteiger partial charge in [-0.25, -0.2) is 0 Å². The highest BCUT2D eigenvalue weighted by Crippen LogP contribution is 2.38. The van der Waals surface area contributed by atoms with Gasteiger partial charge in [-0.1, -0.05) is 0 Å². The number of benzene rings is 1. The van der Waals surface area contributed by atoms with E-state index in [0.717, 1.165) is 21.8 Å². The van der Waals surface area contributed by atoms with Crippen LogP contribution in [0.1, 0.15) is 26.3 Å². The maximum absolute atomic E-state index is 12.2. The van der Waals surface area contributed by atoms with Crippen LogP contribution in [0.3, 0.4) is 0 Å². The lowest BCUT2D eigenvalue weighted by Crippen LogP contribution is -2.27. The number of imide groups is 1. The van der Waals surface area contributed by atoms with E-state index in [4.69, 9.17) is 9.47 Å². The smallest absolute Gasteiger partial charge is 0.293 e. The van der Waals surface area contributed by atoms with Crippen LogP contribution in [0.5, 0.6) is 11.5 Å². The van der Waals surface area contributed by atoms with Gasteiger partial charge in [0, 0.05) is 18.2 Å². The minimum atomic E-state index is -0.269. The molecule has 0 unspecified atom stereocenters. The monoisotopic (exact) mass is 399 g/mol. The molecule has 2 amide bonds. The van der Waals surface area contributed by atoms with Crippen LogP contribution in [-0.2, 0) is 4.79 Å². The molecule has 0 spiro atoms. The first-order chi connectivity index (χ1) is 11.0. The largest absolute Gasteiger partial charge is 0.493 e. The number of halogens is 1. The molecule has 1 aliphatic rings. The van der Waals surface area contributed by atoms with Crippen molar-refractivity contribution in [3.8, 4) is 11.5 Å². The number of amides is 2. The first-order valence-corrected chi connectivity index (χ1v) is 8.97. The van der Waals surface area contributed by atoms with E-state index in [2.05, 4.69) is 15.9 Å². The summed E-state index contributed by atoms with van der Waals surface area (Å²) in [6, 6.07) is 3.61. The van der Waals surface area contributed by atoms with E-state index in [1.807, 2.05) is 19.9 Å². The van der Waals surface area contributed by atoms with Crippen molar-refractivity contribution in [2.75, 3.05) is 19.8 Å². The summed E-state index contributed by atoms with van der Waals surface area (Å²) in [6.45, 7) is 6.97. The zero-order chi connectivity index (χ0) is 17.0. The SMILES string of the molecule is CCOc1cc(OCC)c(/C=C2\SC(=O)N(CC)C2=O)cc1Br. The van der Waals surface area contributed by atoms with Crippen molar-refractivity contribution >= 4 is 44.9 Å². The molecule has 1 heterocycles. The normalized spacial score (nSPS) is 16.3. The van der Waals surface area contributed by atoms with E-state index in [1.165, 1.54) is 4.90 Å². The summed E-state index contributed by atoms with van der Waals surface area (Å²) in [5, 5.41) is -0.244. The second-order valence-corrected chi connectivity index (χ2v) is 6.46. The van der Waals surface area contributed by atoms with Gasteiger partial charge >= 0.3 is 0 Å². The number of rotatable bonds is 6. The quantitative estimate of drug-likeness (QED) is 0.667. The van der Waals surface area contributed by atoms with E-state index in [9.17, 15) is 9.59 Å². The number of ether oxygens (including phenoxy) is 2. The van der Waals surface area contributed by atoms with Crippen molar-refractivity contribution in [3.63, 3.8) is 0 Å². The van der Waals surface area contributed by atoms with Gasteiger partial charge in [0.15, 0.2) is 0 Å². The fraction of sp³-hybridized carbons (Fsp3) is 0.375. The number of carbonyl (C=O) groups excluding carboxylic acids is 2. The summed E-state index contributed by atoms with van der Waals surface area (Å²) >= 11 is 4.40. The average Bonchev–Trinajstić information content (AvgIpc) is 2.78. The number of thioether (sulfide) groups is 1. The van der Waals surface area contributed by atoms with Gasteiger partial charge < -0.3 is 9.47 Å². The molecule has 0 saturated carbocycles. The van der Waals surface area contributed by atoms with E-state index in [1.54, 1.807) is 19.1 Å². The summed E-state index contributed by atoms with van der Waals surface area (Å²) in [7, 11) is 0. The molecule has 1 aromatic carbocycles. The number of nitrogens with zero attached hydrogens (tertiary/aromatic N) is 1. The van der Waals surface area contributed by atoms with Gasteiger partial charge in [-0.05, 0) is 60.6 Å². The minimum absolute atomic E-state index is 0.244. The molecule has 1 aromatic rings. The van der Waals surface area contributed by atoms with E-state index < -0.39 is 0 Å². The van der Waals surface area contributed by atoms with Gasteiger partial charge in [-0.3, -0.25) is 14.5 Å².